The Hall–Kier alpha value is -7.36. The van der Waals surface area contributed by atoms with Crippen LogP contribution >= 0.6 is 0 Å². The van der Waals surface area contributed by atoms with E-state index in [1.54, 1.807) is 0 Å². The highest BCUT2D eigenvalue weighted by atomic mass is 15.2. The Morgan fingerprint density at radius 2 is 0.878 bits per heavy atom. The van der Waals surface area contributed by atoms with Crippen LogP contribution in [0.5, 0.6) is 0 Å². The van der Waals surface area contributed by atoms with Gasteiger partial charge in [-0.25, -0.2) is 0 Å². The Bertz CT molecular complexity index is 3520. The van der Waals surface area contributed by atoms with Gasteiger partial charge < -0.3 is 9.80 Å². The van der Waals surface area contributed by atoms with Crippen LogP contribution in [-0.4, -0.2) is 6.71 Å². The summed E-state index contributed by atoms with van der Waals surface area (Å²) in [6.07, 6.45) is 2.29. The van der Waals surface area contributed by atoms with Crippen molar-refractivity contribution in [1.29, 1.82) is 0 Å². The van der Waals surface area contributed by atoms with Crippen molar-refractivity contribution in [1.82, 2.24) is 0 Å². The standard InChI is InChI=1S/C71H69BN2/c1-68(2,3)53-34-38-61(56(42-53)49-25-17-12-18-26-49)74-63-46-58-57(70(7,8)39-40-71(58,9)10)45-60(63)72-59-41-52(66(50-27-19-13-20-28-50)51-29-21-14-22-30-51)33-37-62(59)73(64-43-54(69(4,5)6)44-65(74)67(64)72)55-35-31-48(32-36-55)47-23-15-11-16-24-47/h11-38,41-46,66H,39-40H2,1-10H3. The maximum atomic E-state index is 2.70. The van der Waals surface area contributed by atoms with Gasteiger partial charge in [0.05, 0.1) is 5.69 Å². The van der Waals surface area contributed by atoms with E-state index in [0.717, 1.165) is 18.5 Å². The minimum atomic E-state index is -0.154. The highest BCUT2D eigenvalue weighted by Crippen LogP contribution is 2.53. The van der Waals surface area contributed by atoms with Crippen molar-refractivity contribution in [3.8, 4) is 22.3 Å². The molecule has 0 bridgehead atoms. The van der Waals surface area contributed by atoms with Gasteiger partial charge in [0.25, 0.3) is 6.71 Å². The zero-order valence-electron chi connectivity index (χ0n) is 45.1. The number of benzene rings is 9. The molecule has 0 fully saturated rings. The van der Waals surface area contributed by atoms with Gasteiger partial charge in [-0.1, -0.05) is 227 Å². The number of hydrogen-bond donors (Lipinski definition) is 0. The lowest BCUT2D eigenvalue weighted by atomic mass is 9.33. The quantitative estimate of drug-likeness (QED) is 0.116. The van der Waals surface area contributed by atoms with Crippen LogP contribution in [-0.2, 0) is 21.7 Å². The molecule has 9 aromatic carbocycles. The number of rotatable bonds is 7. The molecule has 0 N–H and O–H groups in total. The number of anilines is 6. The van der Waals surface area contributed by atoms with E-state index < -0.39 is 0 Å². The molecule has 0 saturated heterocycles. The lowest BCUT2D eigenvalue weighted by Crippen LogP contribution is -2.62. The van der Waals surface area contributed by atoms with E-state index in [4.69, 9.17) is 0 Å². The third-order valence-electron chi connectivity index (χ3n) is 16.9. The normalized spacial score (nSPS) is 15.3. The molecule has 0 amide bonds. The van der Waals surface area contributed by atoms with Crippen LogP contribution in [0, 0.1) is 0 Å². The van der Waals surface area contributed by atoms with Crippen molar-refractivity contribution in [2.45, 2.75) is 110 Å². The van der Waals surface area contributed by atoms with E-state index in [1.165, 1.54) is 106 Å². The second kappa shape index (κ2) is 17.7. The largest absolute Gasteiger partial charge is 0.311 e. The number of nitrogens with zero attached hydrogens (tertiary/aromatic N) is 2. The third-order valence-corrected chi connectivity index (χ3v) is 16.9. The van der Waals surface area contributed by atoms with E-state index in [0.29, 0.717) is 0 Å². The molecule has 12 rings (SSSR count). The molecule has 3 heteroatoms. The van der Waals surface area contributed by atoms with Crippen LogP contribution in [0.25, 0.3) is 22.3 Å². The average Bonchev–Trinajstić information content (AvgIpc) is 3.41. The van der Waals surface area contributed by atoms with Gasteiger partial charge in [0.1, 0.15) is 0 Å². The lowest BCUT2D eigenvalue weighted by molar-refractivity contribution is 0.332. The molecule has 74 heavy (non-hydrogen) atoms. The average molecular weight is 961 g/mol. The maximum absolute atomic E-state index is 2.70. The summed E-state index contributed by atoms with van der Waals surface area (Å²) in [6.45, 7) is 24.0. The molecule has 2 heterocycles. The Kier molecular flexibility index (Phi) is 11.4. The molecule has 0 saturated carbocycles. The summed E-state index contributed by atoms with van der Waals surface area (Å²) < 4.78 is 0. The van der Waals surface area contributed by atoms with Gasteiger partial charge in [-0.05, 0) is 155 Å². The first kappa shape index (κ1) is 47.6. The highest BCUT2D eigenvalue weighted by Gasteiger charge is 2.47. The minimum Gasteiger partial charge on any atom is -0.311 e. The first-order valence-corrected chi connectivity index (χ1v) is 27.0. The molecular weight excluding hydrogens is 892 g/mol. The van der Waals surface area contributed by atoms with Gasteiger partial charge in [0.15, 0.2) is 0 Å². The molecule has 0 atom stereocenters. The van der Waals surface area contributed by atoms with Gasteiger partial charge in [-0.15, -0.1) is 0 Å². The fraction of sp³-hybridized carbons (Fsp3) is 0.239. The molecule has 9 aromatic rings. The fourth-order valence-electron chi connectivity index (χ4n) is 12.6. The van der Waals surface area contributed by atoms with Crippen molar-refractivity contribution < 1.29 is 0 Å². The Morgan fingerprint density at radius 1 is 0.392 bits per heavy atom. The van der Waals surface area contributed by atoms with Crippen LogP contribution in [0.4, 0.5) is 34.1 Å². The van der Waals surface area contributed by atoms with Crippen molar-refractivity contribution in [3.63, 3.8) is 0 Å². The third kappa shape index (κ3) is 8.11. The minimum absolute atomic E-state index is 0.00153. The summed E-state index contributed by atoms with van der Waals surface area (Å²) in [4.78, 5) is 5.31. The summed E-state index contributed by atoms with van der Waals surface area (Å²) >= 11 is 0. The molecule has 0 aromatic heterocycles. The molecule has 1 aliphatic carbocycles. The number of fused-ring (bicyclic) bond motifs is 5. The number of hydrogen-bond acceptors (Lipinski definition) is 2. The highest BCUT2D eigenvalue weighted by molar-refractivity contribution is 7.00. The predicted molar refractivity (Wildman–Crippen MR) is 318 cm³/mol. The molecule has 3 aliphatic rings. The Morgan fingerprint density at radius 3 is 1.45 bits per heavy atom. The maximum Gasteiger partial charge on any atom is 0.252 e. The van der Waals surface area contributed by atoms with Crippen molar-refractivity contribution in [2.75, 3.05) is 9.80 Å². The molecule has 2 aliphatic heterocycles. The predicted octanol–water partition coefficient (Wildman–Crippen LogP) is 17.2. The van der Waals surface area contributed by atoms with Crippen LogP contribution < -0.4 is 26.2 Å². The molecular formula is C71H69BN2. The van der Waals surface area contributed by atoms with E-state index in [9.17, 15) is 0 Å². The molecule has 366 valence electrons. The first-order valence-electron chi connectivity index (χ1n) is 27.0. The van der Waals surface area contributed by atoms with Crippen LogP contribution in [0.15, 0.2) is 206 Å². The lowest BCUT2D eigenvalue weighted by Gasteiger charge is -2.48. The molecule has 0 spiro atoms. The fourth-order valence-corrected chi connectivity index (χ4v) is 12.6. The van der Waals surface area contributed by atoms with Gasteiger partial charge in [0.2, 0.25) is 0 Å². The van der Waals surface area contributed by atoms with Crippen molar-refractivity contribution in [2.24, 2.45) is 0 Å². The SMILES string of the molecule is CC(C)(C)c1ccc(N2c3cc4c(cc3B3c5cc(C(c6ccccc6)c6ccccc6)ccc5N(c5ccc(-c6ccccc6)cc5)c5cc(C(C)(C)C)cc2c53)C(C)(C)CCC4(C)C)c(-c2ccccc2)c1. The van der Waals surface area contributed by atoms with Crippen molar-refractivity contribution >= 4 is 57.2 Å². The monoisotopic (exact) mass is 961 g/mol. The summed E-state index contributed by atoms with van der Waals surface area (Å²) in [5.41, 5.74) is 25.6. The molecule has 0 unspecified atom stereocenters. The first-order chi connectivity index (χ1) is 35.5. The van der Waals surface area contributed by atoms with E-state index in [1.807, 2.05) is 0 Å². The summed E-state index contributed by atoms with van der Waals surface area (Å²) in [6, 6.07) is 78.7. The summed E-state index contributed by atoms with van der Waals surface area (Å²) in [5.74, 6) is 0.0445. The summed E-state index contributed by atoms with van der Waals surface area (Å²) in [5, 5.41) is 0. The smallest absolute Gasteiger partial charge is 0.252 e. The topological polar surface area (TPSA) is 6.48 Å². The zero-order valence-corrected chi connectivity index (χ0v) is 45.1. The summed E-state index contributed by atoms with van der Waals surface area (Å²) in [7, 11) is 0. The van der Waals surface area contributed by atoms with Crippen LogP contribution in [0.3, 0.4) is 0 Å². The Labute approximate surface area is 441 Å². The van der Waals surface area contributed by atoms with Gasteiger partial charge >= 0.3 is 0 Å². The van der Waals surface area contributed by atoms with Gasteiger partial charge in [-0.2, -0.15) is 0 Å². The van der Waals surface area contributed by atoms with Crippen LogP contribution in [0.2, 0.25) is 0 Å². The second-order valence-corrected chi connectivity index (χ2v) is 24.8. The van der Waals surface area contributed by atoms with Crippen molar-refractivity contribution in [3.05, 3.63) is 245 Å². The van der Waals surface area contributed by atoms with E-state index >= 15 is 0 Å². The second-order valence-electron chi connectivity index (χ2n) is 24.8. The zero-order chi connectivity index (χ0) is 51.3. The van der Waals surface area contributed by atoms with Gasteiger partial charge in [-0.3, -0.25) is 0 Å². The van der Waals surface area contributed by atoms with E-state index in [2.05, 4.69) is 285 Å². The molecule has 2 nitrogen and oxygen atoms in total. The van der Waals surface area contributed by atoms with Crippen LogP contribution in [0.1, 0.15) is 127 Å². The molecule has 0 radical (unpaired) electrons. The van der Waals surface area contributed by atoms with E-state index in [-0.39, 0.29) is 34.3 Å². The Balaban J connectivity index is 1.21. The van der Waals surface area contributed by atoms with Gasteiger partial charge in [0, 0.05) is 39.9 Å².